The van der Waals surface area contributed by atoms with Gasteiger partial charge in [0.15, 0.2) is 0 Å². The molecule has 0 saturated carbocycles. The Morgan fingerprint density at radius 1 is 1.24 bits per heavy atom. The van der Waals surface area contributed by atoms with E-state index >= 15 is 0 Å². The molecule has 88 valence electrons. The van der Waals surface area contributed by atoms with Crippen LogP contribution in [0.1, 0.15) is 18.2 Å². The van der Waals surface area contributed by atoms with Gasteiger partial charge < -0.3 is 11.1 Å². The van der Waals surface area contributed by atoms with Gasteiger partial charge in [-0.15, -0.1) is 0 Å². The second-order valence-corrected chi connectivity index (χ2v) is 3.78. The fourth-order valence-electron chi connectivity index (χ4n) is 1.58. The fraction of sp³-hybridized carbons (Fsp3) is 0.231. The van der Waals surface area contributed by atoms with Crippen molar-refractivity contribution < 1.29 is 0 Å². The maximum absolute atomic E-state index is 5.60. The van der Waals surface area contributed by atoms with Crippen LogP contribution in [0, 0.1) is 0 Å². The molecule has 4 heteroatoms. The molecular weight excluding hydrogens is 212 g/mol. The molecule has 1 aromatic heterocycles. The average molecular weight is 228 g/mol. The Morgan fingerprint density at radius 3 is 2.88 bits per heavy atom. The zero-order valence-electron chi connectivity index (χ0n) is 9.85. The van der Waals surface area contributed by atoms with Crippen LogP contribution in [0.2, 0.25) is 0 Å². The molecule has 1 aromatic carbocycles. The molecule has 0 aliphatic heterocycles. The minimum Gasteiger partial charge on any atom is -0.340 e. The zero-order chi connectivity index (χ0) is 12.1. The van der Waals surface area contributed by atoms with Crippen LogP contribution in [-0.2, 0) is 13.0 Å². The van der Waals surface area contributed by atoms with Crippen LogP contribution in [0.15, 0.2) is 36.7 Å². The molecule has 0 fully saturated rings. The lowest BCUT2D eigenvalue weighted by atomic mass is 10.2. The van der Waals surface area contributed by atoms with Crippen molar-refractivity contribution in [2.24, 2.45) is 5.73 Å². The van der Waals surface area contributed by atoms with Crippen LogP contribution < -0.4 is 11.1 Å². The van der Waals surface area contributed by atoms with Crippen LogP contribution in [0.25, 0.3) is 0 Å². The third-order valence-electron chi connectivity index (χ3n) is 2.52. The monoisotopic (exact) mass is 228 g/mol. The molecule has 17 heavy (non-hydrogen) atoms. The van der Waals surface area contributed by atoms with Gasteiger partial charge in [-0.25, -0.2) is 9.97 Å². The van der Waals surface area contributed by atoms with E-state index < -0.39 is 0 Å². The first-order valence-corrected chi connectivity index (χ1v) is 5.68. The molecule has 0 saturated heterocycles. The van der Waals surface area contributed by atoms with E-state index in [9.17, 15) is 0 Å². The van der Waals surface area contributed by atoms with E-state index in [0.29, 0.717) is 6.54 Å². The van der Waals surface area contributed by atoms with E-state index in [2.05, 4.69) is 22.2 Å². The second kappa shape index (κ2) is 5.41. The number of anilines is 2. The fourth-order valence-corrected chi connectivity index (χ4v) is 1.58. The maximum atomic E-state index is 5.60. The van der Waals surface area contributed by atoms with Gasteiger partial charge in [0.05, 0.1) is 0 Å². The lowest BCUT2D eigenvalue weighted by molar-refractivity contribution is 1.00. The standard InChI is InChI=1S/C13H16N4/c1-2-11-7-13(16-9-15-11)17-12-5-3-4-10(6-12)8-14/h3-7,9H,2,8,14H2,1H3,(H,15,16,17). The number of benzene rings is 1. The van der Waals surface area contributed by atoms with Gasteiger partial charge in [0.25, 0.3) is 0 Å². The molecule has 0 bridgehead atoms. The first-order chi connectivity index (χ1) is 8.31. The molecular formula is C13H16N4. The Balaban J connectivity index is 2.18. The largest absolute Gasteiger partial charge is 0.340 e. The van der Waals surface area contributed by atoms with Crippen LogP contribution in [0.4, 0.5) is 11.5 Å². The molecule has 0 aliphatic rings. The summed E-state index contributed by atoms with van der Waals surface area (Å²) in [6.45, 7) is 2.61. The van der Waals surface area contributed by atoms with E-state index in [-0.39, 0.29) is 0 Å². The summed E-state index contributed by atoms with van der Waals surface area (Å²) in [5, 5.41) is 3.25. The smallest absolute Gasteiger partial charge is 0.133 e. The molecule has 0 unspecified atom stereocenters. The van der Waals surface area contributed by atoms with Gasteiger partial charge >= 0.3 is 0 Å². The highest BCUT2D eigenvalue weighted by Crippen LogP contribution is 2.16. The van der Waals surface area contributed by atoms with Crippen LogP contribution in [-0.4, -0.2) is 9.97 Å². The summed E-state index contributed by atoms with van der Waals surface area (Å²) in [4.78, 5) is 8.35. The zero-order valence-corrected chi connectivity index (χ0v) is 9.85. The van der Waals surface area contributed by atoms with Crippen molar-refractivity contribution in [2.75, 3.05) is 5.32 Å². The van der Waals surface area contributed by atoms with Gasteiger partial charge in [-0.3, -0.25) is 0 Å². The average Bonchev–Trinajstić information content (AvgIpc) is 2.39. The number of rotatable bonds is 4. The van der Waals surface area contributed by atoms with Gasteiger partial charge in [0, 0.05) is 24.0 Å². The van der Waals surface area contributed by atoms with Crippen molar-refractivity contribution >= 4 is 11.5 Å². The van der Waals surface area contributed by atoms with E-state index in [4.69, 9.17) is 5.73 Å². The first-order valence-electron chi connectivity index (χ1n) is 5.68. The summed E-state index contributed by atoms with van der Waals surface area (Å²) in [6.07, 6.45) is 2.48. The number of nitrogens with two attached hydrogens (primary N) is 1. The van der Waals surface area contributed by atoms with Gasteiger partial charge in [-0.2, -0.15) is 0 Å². The number of aromatic nitrogens is 2. The van der Waals surface area contributed by atoms with Crippen LogP contribution in [0.3, 0.4) is 0 Å². The number of nitrogens with zero attached hydrogens (tertiary/aromatic N) is 2. The molecule has 3 N–H and O–H groups in total. The summed E-state index contributed by atoms with van der Waals surface area (Å²) >= 11 is 0. The quantitative estimate of drug-likeness (QED) is 0.842. The summed E-state index contributed by atoms with van der Waals surface area (Å²) in [6, 6.07) is 9.95. The van der Waals surface area contributed by atoms with Crippen molar-refractivity contribution in [1.82, 2.24) is 9.97 Å². The molecule has 0 spiro atoms. The minimum absolute atomic E-state index is 0.541. The van der Waals surface area contributed by atoms with E-state index in [1.807, 2.05) is 30.3 Å². The van der Waals surface area contributed by atoms with Crippen molar-refractivity contribution in [1.29, 1.82) is 0 Å². The highest BCUT2D eigenvalue weighted by Gasteiger charge is 1.99. The van der Waals surface area contributed by atoms with Crippen LogP contribution in [0.5, 0.6) is 0 Å². The molecule has 0 atom stereocenters. The Hall–Kier alpha value is -1.94. The molecule has 2 rings (SSSR count). The number of nitrogens with one attached hydrogen (secondary N) is 1. The number of aryl methyl sites for hydroxylation is 1. The van der Waals surface area contributed by atoms with Crippen molar-refractivity contribution in [3.63, 3.8) is 0 Å². The predicted molar refractivity (Wildman–Crippen MR) is 69.0 cm³/mol. The van der Waals surface area contributed by atoms with Gasteiger partial charge in [-0.1, -0.05) is 19.1 Å². The first kappa shape index (κ1) is 11.5. The van der Waals surface area contributed by atoms with Crippen molar-refractivity contribution in [2.45, 2.75) is 19.9 Å². The minimum atomic E-state index is 0.541. The van der Waals surface area contributed by atoms with Gasteiger partial charge in [-0.05, 0) is 24.1 Å². The normalized spacial score (nSPS) is 10.2. The van der Waals surface area contributed by atoms with Crippen molar-refractivity contribution in [3.8, 4) is 0 Å². The van der Waals surface area contributed by atoms with E-state index in [1.54, 1.807) is 6.33 Å². The van der Waals surface area contributed by atoms with E-state index in [0.717, 1.165) is 29.2 Å². The summed E-state index contributed by atoms with van der Waals surface area (Å²) in [7, 11) is 0. The Labute approximate surface area is 101 Å². The third kappa shape index (κ3) is 3.01. The highest BCUT2D eigenvalue weighted by atomic mass is 15.0. The Morgan fingerprint density at radius 2 is 2.12 bits per heavy atom. The lowest BCUT2D eigenvalue weighted by Gasteiger charge is -2.07. The Bertz CT molecular complexity index is 451. The molecule has 0 amide bonds. The topological polar surface area (TPSA) is 63.8 Å². The maximum Gasteiger partial charge on any atom is 0.133 e. The summed E-state index contributed by atoms with van der Waals surface area (Å²) in [5.41, 5.74) is 8.72. The SMILES string of the molecule is CCc1cc(Nc2cccc(CN)c2)ncn1. The number of hydrogen-bond donors (Lipinski definition) is 2. The Kier molecular flexibility index (Phi) is 3.67. The second-order valence-electron chi connectivity index (χ2n) is 3.78. The summed E-state index contributed by atoms with van der Waals surface area (Å²) in [5.74, 6) is 0.811. The number of hydrogen-bond acceptors (Lipinski definition) is 4. The van der Waals surface area contributed by atoms with Crippen LogP contribution >= 0.6 is 0 Å². The summed E-state index contributed by atoms with van der Waals surface area (Å²) < 4.78 is 0. The molecule has 0 radical (unpaired) electrons. The third-order valence-corrected chi connectivity index (χ3v) is 2.52. The van der Waals surface area contributed by atoms with Gasteiger partial charge in [0.2, 0.25) is 0 Å². The molecule has 2 aromatic rings. The lowest BCUT2D eigenvalue weighted by Crippen LogP contribution is -1.99. The van der Waals surface area contributed by atoms with Crippen molar-refractivity contribution in [3.05, 3.63) is 47.9 Å². The highest BCUT2D eigenvalue weighted by molar-refractivity contribution is 5.56. The van der Waals surface area contributed by atoms with E-state index in [1.165, 1.54) is 0 Å². The molecule has 4 nitrogen and oxygen atoms in total. The predicted octanol–water partition coefficient (Wildman–Crippen LogP) is 2.24. The molecule has 0 aliphatic carbocycles. The van der Waals surface area contributed by atoms with Gasteiger partial charge in [0.1, 0.15) is 12.1 Å². The molecule has 1 heterocycles.